The molecular formula is C13H15ClF2N2O. The molecule has 2 unspecified atom stereocenters. The van der Waals surface area contributed by atoms with Gasteiger partial charge in [-0.3, -0.25) is 4.79 Å². The second kappa shape index (κ2) is 5.84. The standard InChI is InChI=1S/C13H15ClF2N2O/c1-7-4-8(2-3-17-7)18-13(19)9-5-12(16)10(14)6-11(9)15/h5-8,17H,2-4H2,1H3,(H,18,19). The number of hydrogen-bond acceptors (Lipinski definition) is 2. The predicted octanol–water partition coefficient (Wildman–Crippen LogP) is 2.49. The highest BCUT2D eigenvalue weighted by atomic mass is 35.5. The summed E-state index contributed by atoms with van der Waals surface area (Å²) in [5.41, 5.74) is -0.312. The van der Waals surface area contributed by atoms with Gasteiger partial charge in [-0.1, -0.05) is 11.6 Å². The van der Waals surface area contributed by atoms with E-state index in [1.54, 1.807) is 0 Å². The first-order valence-electron chi connectivity index (χ1n) is 6.16. The Kier molecular flexibility index (Phi) is 4.37. The zero-order valence-corrected chi connectivity index (χ0v) is 11.2. The van der Waals surface area contributed by atoms with Crippen LogP contribution in [0.15, 0.2) is 12.1 Å². The van der Waals surface area contributed by atoms with Gasteiger partial charge in [0.1, 0.15) is 11.6 Å². The van der Waals surface area contributed by atoms with Crippen molar-refractivity contribution in [1.82, 2.24) is 10.6 Å². The van der Waals surface area contributed by atoms with Gasteiger partial charge in [-0.15, -0.1) is 0 Å². The molecule has 1 heterocycles. The number of nitrogens with one attached hydrogen (secondary N) is 2. The Morgan fingerprint density at radius 2 is 2.16 bits per heavy atom. The summed E-state index contributed by atoms with van der Waals surface area (Å²) in [6.45, 7) is 2.81. The highest BCUT2D eigenvalue weighted by Gasteiger charge is 2.22. The molecule has 2 atom stereocenters. The summed E-state index contributed by atoms with van der Waals surface area (Å²) in [5, 5.41) is 5.65. The highest BCUT2D eigenvalue weighted by Crippen LogP contribution is 2.19. The average Bonchev–Trinajstić information content (AvgIpc) is 2.33. The van der Waals surface area contributed by atoms with Gasteiger partial charge < -0.3 is 10.6 Å². The first-order valence-corrected chi connectivity index (χ1v) is 6.54. The molecule has 1 saturated heterocycles. The van der Waals surface area contributed by atoms with Crippen molar-refractivity contribution in [1.29, 1.82) is 0 Å². The maximum atomic E-state index is 13.6. The normalized spacial score (nSPS) is 23.2. The molecule has 3 nitrogen and oxygen atoms in total. The fourth-order valence-electron chi connectivity index (χ4n) is 2.22. The number of amides is 1. The quantitative estimate of drug-likeness (QED) is 0.821. The molecule has 0 aromatic heterocycles. The van der Waals surface area contributed by atoms with Crippen LogP contribution in [0.3, 0.4) is 0 Å². The van der Waals surface area contributed by atoms with Crippen LogP contribution in [0.2, 0.25) is 5.02 Å². The van der Waals surface area contributed by atoms with Crippen molar-refractivity contribution >= 4 is 17.5 Å². The smallest absolute Gasteiger partial charge is 0.254 e. The van der Waals surface area contributed by atoms with Gasteiger partial charge in [0.25, 0.3) is 5.91 Å². The van der Waals surface area contributed by atoms with Crippen LogP contribution in [0, 0.1) is 11.6 Å². The summed E-state index contributed by atoms with van der Waals surface area (Å²) in [7, 11) is 0. The molecule has 0 aliphatic carbocycles. The molecule has 0 bridgehead atoms. The van der Waals surface area contributed by atoms with E-state index in [9.17, 15) is 13.6 Å². The molecule has 1 aliphatic heterocycles. The molecule has 1 aliphatic rings. The van der Waals surface area contributed by atoms with Gasteiger partial charge in [0.05, 0.1) is 10.6 Å². The zero-order chi connectivity index (χ0) is 14.0. The zero-order valence-electron chi connectivity index (χ0n) is 10.5. The van der Waals surface area contributed by atoms with Crippen LogP contribution in [-0.2, 0) is 0 Å². The van der Waals surface area contributed by atoms with Crippen LogP contribution in [0.5, 0.6) is 0 Å². The van der Waals surface area contributed by atoms with E-state index < -0.39 is 17.5 Å². The minimum Gasteiger partial charge on any atom is -0.349 e. The second-order valence-corrected chi connectivity index (χ2v) is 5.20. The molecule has 1 fully saturated rings. The van der Waals surface area contributed by atoms with Crippen molar-refractivity contribution in [2.45, 2.75) is 31.8 Å². The van der Waals surface area contributed by atoms with Gasteiger partial charge in [0.15, 0.2) is 0 Å². The molecular weight excluding hydrogens is 274 g/mol. The van der Waals surface area contributed by atoms with E-state index in [4.69, 9.17) is 11.6 Å². The monoisotopic (exact) mass is 288 g/mol. The Morgan fingerprint density at radius 1 is 1.42 bits per heavy atom. The molecule has 1 aromatic rings. The molecule has 2 rings (SSSR count). The van der Waals surface area contributed by atoms with Crippen molar-refractivity contribution < 1.29 is 13.6 Å². The summed E-state index contributed by atoms with van der Waals surface area (Å²) in [5.74, 6) is -2.22. The number of carbonyl (C=O) groups is 1. The number of piperidine rings is 1. The Hall–Kier alpha value is -1.20. The fraction of sp³-hybridized carbons (Fsp3) is 0.462. The van der Waals surface area contributed by atoms with Crippen molar-refractivity contribution in [2.75, 3.05) is 6.54 Å². The van der Waals surface area contributed by atoms with E-state index >= 15 is 0 Å². The van der Waals surface area contributed by atoms with Gasteiger partial charge in [-0.25, -0.2) is 8.78 Å². The van der Waals surface area contributed by atoms with Crippen LogP contribution in [0.1, 0.15) is 30.1 Å². The van der Waals surface area contributed by atoms with E-state index in [0.717, 1.165) is 31.5 Å². The molecule has 19 heavy (non-hydrogen) atoms. The van der Waals surface area contributed by atoms with Crippen molar-refractivity contribution in [3.8, 4) is 0 Å². The molecule has 6 heteroatoms. The summed E-state index contributed by atoms with van der Waals surface area (Å²) in [6, 6.07) is 1.92. The molecule has 0 saturated carbocycles. The summed E-state index contributed by atoms with van der Waals surface area (Å²) < 4.78 is 26.9. The topological polar surface area (TPSA) is 41.1 Å². The number of rotatable bonds is 2. The Bertz CT molecular complexity index is 496. The maximum Gasteiger partial charge on any atom is 0.254 e. The second-order valence-electron chi connectivity index (χ2n) is 4.80. The van der Waals surface area contributed by atoms with E-state index in [0.29, 0.717) is 6.04 Å². The molecule has 104 valence electrons. The lowest BCUT2D eigenvalue weighted by molar-refractivity contribution is 0.0921. The van der Waals surface area contributed by atoms with Crippen molar-refractivity contribution in [3.63, 3.8) is 0 Å². The third-order valence-corrected chi connectivity index (χ3v) is 3.50. The largest absolute Gasteiger partial charge is 0.349 e. The third-order valence-electron chi connectivity index (χ3n) is 3.21. The number of halogens is 3. The van der Waals surface area contributed by atoms with Crippen molar-refractivity contribution in [3.05, 3.63) is 34.4 Å². The summed E-state index contributed by atoms with van der Waals surface area (Å²) >= 11 is 5.45. The first kappa shape index (κ1) is 14.2. The summed E-state index contributed by atoms with van der Waals surface area (Å²) in [4.78, 5) is 11.9. The lowest BCUT2D eigenvalue weighted by Gasteiger charge is -2.28. The Morgan fingerprint density at radius 3 is 2.84 bits per heavy atom. The maximum absolute atomic E-state index is 13.6. The number of hydrogen-bond donors (Lipinski definition) is 2. The van der Waals surface area contributed by atoms with Crippen LogP contribution < -0.4 is 10.6 Å². The van der Waals surface area contributed by atoms with Crippen LogP contribution in [0.25, 0.3) is 0 Å². The fourth-order valence-corrected chi connectivity index (χ4v) is 2.37. The van der Waals surface area contributed by atoms with Crippen molar-refractivity contribution in [2.24, 2.45) is 0 Å². The predicted molar refractivity (Wildman–Crippen MR) is 69.3 cm³/mol. The molecule has 0 spiro atoms. The Balaban J connectivity index is 2.09. The van der Waals surface area contributed by atoms with E-state index in [-0.39, 0.29) is 16.6 Å². The van der Waals surface area contributed by atoms with E-state index in [1.165, 1.54) is 0 Å². The highest BCUT2D eigenvalue weighted by molar-refractivity contribution is 6.30. The van der Waals surface area contributed by atoms with Gasteiger partial charge in [0.2, 0.25) is 0 Å². The third kappa shape index (κ3) is 3.42. The lowest BCUT2D eigenvalue weighted by Crippen LogP contribution is -2.46. The lowest BCUT2D eigenvalue weighted by atomic mass is 10.00. The average molecular weight is 289 g/mol. The minimum absolute atomic E-state index is 0.0260. The Labute approximate surface area is 115 Å². The van der Waals surface area contributed by atoms with Crippen LogP contribution in [-0.4, -0.2) is 24.5 Å². The van der Waals surface area contributed by atoms with Crippen LogP contribution >= 0.6 is 11.6 Å². The first-order chi connectivity index (χ1) is 8.97. The van der Waals surface area contributed by atoms with E-state index in [1.807, 2.05) is 6.92 Å². The van der Waals surface area contributed by atoms with Gasteiger partial charge >= 0.3 is 0 Å². The molecule has 2 N–H and O–H groups in total. The number of benzene rings is 1. The molecule has 1 aromatic carbocycles. The van der Waals surface area contributed by atoms with Gasteiger partial charge in [-0.2, -0.15) is 0 Å². The molecule has 1 amide bonds. The van der Waals surface area contributed by atoms with E-state index in [2.05, 4.69) is 10.6 Å². The molecule has 0 radical (unpaired) electrons. The SMILES string of the molecule is CC1CC(NC(=O)c2cc(F)c(Cl)cc2F)CCN1. The summed E-state index contributed by atoms with van der Waals surface area (Å²) in [6.07, 6.45) is 1.54. The minimum atomic E-state index is -0.814. The van der Waals surface area contributed by atoms with Gasteiger partial charge in [-0.05, 0) is 38.4 Å². The number of carbonyl (C=O) groups excluding carboxylic acids is 1. The van der Waals surface area contributed by atoms with Gasteiger partial charge in [0, 0.05) is 12.1 Å². The van der Waals surface area contributed by atoms with Crippen LogP contribution in [0.4, 0.5) is 8.78 Å².